The van der Waals surface area contributed by atoms with Crippen molar-refractivity contribution < 1.29 is 4.79 Å². The van der Waals surface area contributed by atoms with Crippen molar-refractivity contribution in [2.24, 2.45) is 5.73 Å². The molecule has 17 heavy (non-hydrogen) atoms. The SMILES string of the molecule is Cl.NC(=O)c1cnn2cc(-c3cn[nH]c3)sc12. The lowest BCUT2D eigenvalue weighted by atomic mass is 10.3. The van der Waals surface area contributed by atoms with Gasteiger partial charge in [-0.2, -0.15) is 10.2 Å². The highest BCUT2D eigenvalue weighted by atomic mass is 35.5. The van der Waals surface area contributed by atoms with Crippen molar-refractivity contribution in [2.45, 2.75) is 0 Å². The Kier molecular flexibility index (Phi) is 2.86. The van der Waals surface area contributed by atoms with Gasteiger partial charge in [0.25, 0.3) is 5.91 Å². The average Bonchev–Trinajstić information content (AvgIpc) is 2.92. The molecule has 0 radical (unpaired) electrons. The van der Waals surface area contributed by atoms with Crippen LogP contribution in [0.5, 0.6) is 0 Å². The van der Waals surface area contributed by atoms with Crippen molar-refractivity contribution in [1.29, 1.82) is 0 Å². The van der Waals surface area contributed by atoms with Crippen molar-refractivity contribution in [3.05, 3.63) is 30.4 Å². The zero-order valence-corrected chi connectivity index (χ0v) is 10.1. The Morgan fingerprint density at radius 2 is 2.29 bits per heavy atom. The smallest absolute Gasteiger partial charge is 0.253 e. The van der Waals surface area contributed by atoms with Crippen molar-refractivity contribution in [3.63, 3.8) is 0 Å². The molecule has 0 aromatic carbocycles. The van der Waals surface area contributed by atoms with Crippen LogP contribution in [0.3, 0.4) is 0 Å². The van der Waals surface area contributed by atoms with E-state index in [1.807, 2.05) is 6.20 Å². The van der Waals surface area contributed by atoms with E-state index in [-0.39, 0.29) is 12.4 Å². The molecule has 88 valence electrons. The second-order valence-corrected chi connectivity index (χ2v) is 4.29. The number of H-pyrrole nitrogens is 1. The number of nitrogens with two attached hydrogens (primary N) is 1. The van der Waals surface area contributed by atoms with E-state index in [0.29, 0.717) is 5.56 Å². The first-order valence-electron chi connectivity index (χ1n) is 4.52. The quantitative estimate of drug-likeness (QED) is 0.735. The maximum atomic E-state index is 11.1. The first kappa shape index (κ1) is 11.6. The lowest BCUT2D eigenvalue weighted by Gasteiger charge is -1.86. The van der Waals surface area contributed by atoms with E-state index >= 15 is 0 Å². The average molecular weight is 270 g/mol. The third-order valence-corrected chi connectivity index (χ3v) is 3.41. The zero-order valence-electron chi connectivity index (χ0n) is 8.45. The van der Waals surface area contributed by atoms with Crippen LogP contribution in [0.1, 0.15) is 10.4 Å². The van der Waals surface area contributed by atoms with Crippen molar-refractivity contribution >= 4 is 34.5 Å². The molecule has 0 saturated heterocycles. The fourth-order valence-corrected chi connectivity index (χ4v) is 2.52. The number of carbonyl (C=O) groups is 1. The molecule has 0 unspecified atom stereocenters. The second kappa shape index (κ2) is 4.19. The van der Waals surface area contributed by atoms with Gasteiger partial charge in [-0.1, -0.05) is 0 Å². The number of primary amides is 1. The normalized spacial score (nSPS) is 10.4. The molecule has 8 heteroatoms. The third-order valence-electron chi connectivity index (χ3n) is 2.24. The summed E-state index contributed by atoms with van der Waals surface area (Å²) >= 11 is 1.46. The summed E-state index contributed by atoms with van der Waals surface area (Å²) in [5.41, 5.74) is 6.66. The summed E-state index contributed by atoms with van der Waals surface area (Å²) in [5, 5.41) is 10.7. The van der Waals surface area contributed by atoms with Crippen LogP contribution in [0.4, 0.5) is 0 Å². The van der Waals surface area contributed by atoms with Gasteiger partial charge in [0.05, 0.1) is 22.8 Å². The van der Waals surface area contributed by atoms with E-state index < -0.39 is 5.91 Å². The van der Waals surface area contributed by atoms with Crippen molar-refractivity contribution in [1.82, 2.24) is 19.8 Å². The van der Waals surface area contributed by atoms with Gasteiger partial charge in [-0.15, -0.1) is 23.7 Å². The van der Waals surface area contributed by atoms with Crippen LogP contribution in [0, 0.1) is 0 Å². The minimum Gasteiger partial charge on any atom is -0.365 e. The number of thiazole rings is 1. The number of carbonyl (C=O) groups excluding carboxylic acids is 1. The van der Waals surface area contributed by atoms with Crippen LogP contribution in [0.2, 0.25) is 0 Å². The highest BCUT2D eigenvalue weighted by Gasteiger charge is 2.13. The van der Waals surface area contributed by atoms with Crippen LogP contribution < -0.4 is 5.73 Å². The van der Waals surface area contributed by atoms with Gasteiger partial charge < -0.3 is 5.73 Å². The van der Waals surface area contributed by atoms with Crippen molar-refractivity contribution in [2.75, 3.05) is 0 Å². The molecular formula is C9H8ClN5OS. The largest absolute Gasteiger partial charge is 0.365 e. The molecule has 0 spiro atoms. The van der Waals surface area contributed by atoms with Crippen LogP contribution in [0.15, 0.2) is 24.8 Å². The molecule has 3 aromatic heterocycles. The lowest BCUT2D eigenvalue weighted by molar-refractivity contribution is 0.100. The summed E-state index contributed by atoms with van der Waals surface area (Å²) in [6.07, 6.45) is 6.83. The number of nitrogens with one attached hydrogen (secondary N) is 1. The number of nitrogens with zero attached hydrogens (tertiary/aromatic N) is 3. The van der Waals surface area contributed by atoms with Crippen molar-refractivity contribution in [3.8, 4) is 10.4 Å². The molecule has 3 aromatic rings. The number of aromatic amines is 1. The molecule has 0 fully saturated rings. The van der Waals surface area contributed by atoms with Gasteiger partial charge in [-0.25, -0.2) is 4.52 Å². The van der Waals surface area contributed by atoms with E-state index in [1.54, 1.807) is 16.9 Å². The van der Waals surface area contributed by atoms with Gasteiger partial charge in [-0.3, -0.25) is 9.89 Å². The second-order valence-electron chi connectivity index (χ2n) is 3.25. The Morgan fingerprint density at radius 1 is 1.47 bits per heavy atom. The summed E-state index contributed by atoms with van der Waals surface area (Å²) in [6.45, 7) is 0. The molecule has 0 aliphatic heterocycles. The molecule has 0 aliphatic carbocycles. The third kappa shape index (κ3) is 1.79. The first-order chi connectivity index (χ1) is 7.75. The van der Waals surface area contributed by atoms with Crippen LogP contribution in [-0.2, 0) is 0 Å². The molecule has 3 heterocycles. The summed E-state index contributed by atoms with van der Waals surface area (Å²) in [5.74, 6) is -0.462. The maximum absolute atomic E-state index is 11.1. The van der Waals surface area contributed by atoms with Gasteiger partial charge in [0.2, 0.25) is 0 Å². The van der Waals surface area contributed by atoms with Crippen LogP contribution >= 0.6 is 23.7 Å². The molecule has 0 aliphatic rings. The summed E-state index contributed by atoms with van der Waals surface area (Å²) in [6, 6.07) is 0. The Labute approximate surface area is 106 Å². The number of amides is 1. The molecule has 3 N–H and O–H groups in total. The number of fused-ring (bicyclic) bond motifs is 1. The predicted molar refractivity (Wildman–Crippen MR) is 66.4 cm³/mol. The molecule has 6 nitrogen and oxygen atoms in total. The molecule has 0 atom stereocenters. The minimum atomic E-state index is -0.462. The number of hydrogen-bond acceptors (Lipinski definition) is 4. The summed E-state index contributed by atoms with van der Waals surface area (Å²) in [7, 11) is 0. The van der Waals surface area contributed by atoms with Gasteiger partial charge >= 0.3 is 0 Å². The van der Waals surface area contributed by atoms with Crippen LogP contribution in [0.25, 0.3) is 15.3 Å². The summed E-state index contributed by atoms with van der Waals surface area (Å²) in [4.78, 5) is 12.9. The highest BCUT2D eigenvalue weighted by molar-refractivity contribution is 7.21. The predicted octanol–water partition coefficient (Wildman–Crippen LogP) is 1.31. The Bertz CT molecular complexity index is 656. The van der Waals surface area contributed by atoms with Gasteiger partial charge in [0.1, 0.15) is 4.83 Å². The zero-order chi connectivity index (χ0) is 11.1. The van der Waals surface area contributed by atoms with E-state index in [9.17, 15) is 4.79 Å². The number of hydrogen-bond donors (Lipinski definition) is 2. The maximum Gasteiger partial charge on any atom is 0.253 e. The lowest BCUT2D eigenvalue weighted by Crippen LogP contribution is -2.09. The highest BCUT2D eigenvalue weighted by Crippen LogP contribution is 2.29. The Hall–Kier alpha value is -1.86. The molecule has 3 rings (SSSR count). The number of aromatic nitrogens is 4. The fourth-order valence-electron chi connectivity index (χ4n) is 1.47. The van der Waals surface area contributed by atoms with E-state index in [1.165, 1.54) is 17.5 Å². The van der Waals surface area contributed by atoms with Crippen LogP contribution in [-0.4, -0.2) is 25.7 Å². The molecule has 1 amide bonds. The van der Waals surface area contributed by atoms with E-state index in [2.05, 4.69) is 15.3 Å². The summed E-state index contributed by atoms with van der Waals surface area (Å²) < 4.78 is 1.65. The van der Waals surface area contributed by atoms with Gasteiger partial charge in [0.15, 0.2) is 0 Å². The van der Waals surface area contributed by atoms with Gasteiger partial charge in [-0.05, 0) is 0 Å². The number of rotatable bonds is 2. The molecule has 0 bridgehead atoms. The first-order valence-corrected chi connectivity index (χ1v) is 5.33. The Balaban J connectivity index is 0.00000108. The monoisotopic (exact) mass is 269 g/mol. The topological polar surface area (TPSA) is 89.1 Å². The minimum absolute atomic E-state index is 0. The fraction of sp³-hybridized carbons (Fsp3) is 0. The molecular weight excluding hydrogens is 262 g/mol. The van der Waals surface area contributed by atoms with E-state index in [4.69, 9.17) is 5.73 Å². The standard InChI is InChI=1S/C9H7N5OS.ClH/c10-8(15)6-3-13-14-4-7(16-9(6)14)5-1-11-12-2-5;/h1-4H,(H2,10,15)(H,11,12);1H. The Morgan fingerprint density at radius 3 is 2.94 bits per heavy atom. The van der Waals surface area contributed by atoms with E-state index in [0.717, 1.165) is 15.3 Å². The molecule has 0 saturated carbocycles. The van der Waals surface area contributed by atoms with Gasteiger partial charge in [0, 0.05) is 18.0 Å². The number of halogens is 1.